The second kappa shape index (κ2) is 5.56. The number of hydrogen-bond acceptors (Lipinski definition) is 3. The number of para-hydroxylation sites is 1. The molecule has 0 radical (unpaired) electrons. The van der Waals surface area contributed by atoms with Crippen LogP contribution in [0.4, 0.5) is 17.1 Å². The topological polar surface area (TPSA) is 47.3 Å². The SMILES string of the molecule is COCc1cccc(Nc2cccc(C)c2N)c1. The number of nitrogens with two attached hydrogens (primary N) is 1. The van der Waals surface area contributed by atoms with E-state index in [0.29, 0.717) is 6.61 Å². The van der Waals surface area contributed by atoms with Gasteiger partial charge in [-0.05, 0) is 36.2 Å². The molecule has 3 N–H and O–H groups in total. The molecule has 0 spiro atoms. The lowest BCUT2D eigenvalue weighted by molar-refractivity contribution is 0.185. The molecule has 0 saturated carbocycles. The predicted molar refractivity (Wildman–Crippen MR) is 76.0 cm³/mol. The van der Waals surface area contributed by atoms with Crippen LogP contribution in [0.5, 0.6) is 0 Å². The van der Waals surface area contributed by atoms with E-state index in [0.717, 1.165) is 28.2 Å². The summed E-state index contributed by atoms with van der Waals surface area (Å²) < 4.78 is 5.12. The Labute approximate surface area is 108 Å². The normalized spacial score (nSPS) is 10.3. The van der Waals surface area contributed by atoms with Gasteiger partial charge in [0.25, 0.3) is 0 Å². The number of hydrogen-bond donors (Lipinski definition) is 2. The maximum atomic E-state index is 6.04. The fraction of sp³-hybridized carbons (Fsp3) is 0.200. The first-order valence-electron chi connectivity index (χ1n) is 5.90. The number of rotatable bonds is 4. The van der Waals surface area contributed by atoms with Crippen LogP contribution in [0.25, 0.3) is 0 Å². The first-order chi connectivity index (χ1) is 8.70. The molecule has 0 unspecified atom stereocenters. The summed E-state index contributed by atoms with van der Waals surface area (Å²) in [4.78, 5) is 0. The average molecular weight is 242 g/mol. The first-order valence-corrected chi connectivity index (χ1v) is 5.90. The van der Waals surface area contributed by atoms with Gasteiger partial charge in [0.15, 0.2) is 0 Å². The highest BCUT2D eigenvalue weighted by molar-refractivity contribution is 5.75. The molecule has 2 rings (SSSR count). The van der Waals surface area contributed by atoms with Crippen molar-refractivity contribution < 1.29 is 4.74 Å². The predicted octanol–water partition coefficient (Wildman–Crippen LogP) is 3.47. The Bertz CT molecular complexity index is 538. The van der Waals surface area contributed by atoms with E-state index < -0.39 is 0 Å². The molecule has 3 heteroatoms. The van der Waals surface area contributed by atoms with Crippen molar-refractivity contribution in [2.75, 3.05) is 18.2 Å². The Kier molecular flexibility index (Phi) is 3.85. The minimum Gasteiger partial charge on any atom is -0.397 e. The number of anilines is 3. The Hall–Kier alpha value is -2.00. The fourth-order valence-corrected chi connectivity index (χ4v) is 1.85. The molecule has 0 bridgehead atoms. The lowest BCUT2D eigenvalue weighted by Crippen LogP contribution is -1.98. The Morgan fingerprint density at radius 1 is 1.17 bits per heavy atom. The van der Waals surface area contributed by atoms with Crippen LogP contribution in [0.2, 0.25) is 0 Å². The van der Waals surface area contributed by atoms with E-state index in [9.17, 15) is 0 Å². The van der Waals surface area contributed by atoms with Gasteiger partial charge in [-0.3, -0.25) is 0 Å². The summed E-state index contributed by atoms with van der Waals surface area (Å²) >= 11 is 0. The van der Waals surface area contributed by atoms with E-state index in [2.05, 4.69) is 11.4 Å². The van der Waals surface area contributed by atoms with Gasteiger partial charge in [-0.2, -0.15) is 0 Å². The quantitative estimate of drug-likeness (QED) is 0.807. The Morgan fingerprint density at radius 2 is 1.94 bits per heavy atom. The maximum Gasteiger partial charge on any atom is 0.0713 e. The van der Waals surface area contributed by atoms with Crippen molar-refractivity contribution >= 4 is 17.1 Å². The Balaban J connectivity index is 2.23. The molecule has 18 heavy (non-hydrogen) atoms. The molecule has 0 atom stereocenters. The van der Waals surface area contributed by atoms with Gasteiger partial charge in [0, 0.05) is 12.8 Å². The van der Waals surface area contributed by atoms with Crippen LogP contribution in [-0.2, 0) is 11.3 Å². The van der Waals surface area contributed by atoms with Gasteiger partial charge in [-0.1, -0.05) is 24.3 Å². The van der Waals surface area contributed by atoms with Crippen LogP contribution < -0.4 is 11.1 Å². The molecule has 0 aromatic heterocycles. The molecule has 2 aromatic carbocycles. The highest BCUT2D eigenvalue weighted by Gasteiger charge is 2.02. The van der Waals surface area contributed by atoms with Gasteiger partial charge in [-0.25, -0.2) is 0 Å². The number of aryl methyl sites for hydroxylation is 1. The molecule has 0 aliphatic rings. The van der Waals surface area contributed by atoms with Gasteiger partial charge in [0.05, 0.1) is 18.0 Å². The van der Waals surface area contributed by atoms with Crippen LogP contribution in [0, 0.1) is 6.92 Å². The van der Waals surface area contributed by atoms with E-state index >= 15 is 0 Å². The third-order valence-electron chi connectivity index (χ3n) is 2.84. The minimum absolute atomic E-state index is 0.610. The fourth-order valence-electron chi connectivity index (χ4n) is 1.85. The van der Waals surface area contributed by atoms with Crippen LogP contribution in [-0.4, -0.2) is 7.11 Å². The monoisotopic (exact) mass is 242 g/mol. The lowest BCUT2D eigenvalue weighted by Gasteiger charge is -2.12. The minimum atomic E-state index is 0.610. The van der Waals surface area contributed by atoms with Gasteiger partial charge >= 0.3 is 0 Å². The summed E-state index contributed by atoms with van der Waals surface area (Å²) in [5.74, 6) is 0. The molecule has 3 nitrogen and oxygen atoms in total. The van der Waals surface area contributed by atoms with E-state index in [1.165, 1.54) is 0 Å². The van der Waals surface area contributed by atoms with Crippen molar-refractivity contribution in [1.82, 2.24) is 0 Å². The zero-order valence-corrected chi connectivity index (χ0v) is 10.7. The summed E-state index contributed by atoms with van der Waals surface area (Å²) in [5.41, 5.74) is 11.0. The van der Waals surface area contributed by atoms with Crippen molar-refractivity contribution in [1.29, 1.82) is 0 Å². The van der Waals surface area contributed by atoms with Crippen LogP contribution in [0.1, 0.15) is 11.1 Å². The molecule has 0 aliphatic heterocycles. The van der Waals surface area contributed by atoms with Crippen molar-refractivity contribution in [2.45, 2.75) is 13.5 Å². The highest BCUT2D eigenvalue weighted by Crippen LogP contribution is 2.26. The molecular weight excluding hydrogens is 224 g/mol. The first kappa shape index (κ1) is 12.5. The molecule has 0 amide bonds. The molecule has 94 valence electrons. The van der Waals surface area contributed by atoms with E-state index in [1.54, 1.807) is 7.11 Å². The van der Waals surface area contributed by atoms with Crippen LogP contribution >= 0.6 is 0 Å². The summed E-state index contributed by atoms with van der Waals surface area (Å²) in [6, 6.07) is 14.1. The zero-order valence-electron chi connectivity index (χ0n) is 10.7. The van der Waals surface area contributed by atoms with Crippen molar-refractivity contribution in [2.24, 2.45) is 0 Å². The standard InChI is InChI=1S/C15H18N2O/c1-11-5-3-8-14(15(11)16)17-13-7-4-6-12(9-13)10-18-2/h3-9,17H,10,16H2,1-2H3. The Morgan fingerprint density at radius 3 is 2.72 bits per heavy atom. The smallest absolute Gasteiger partial charge is 0.0713 e. The number of ether oxygens (including phenoxy) is 1. The molecule has 0 fully saturated rings. The van der Waals surface area contributed by atoms with Crippen LogP contribution in [0.15, 0.2) is 42.5 Å². The van der Waals surface area contributed by atoms with Gasteiger partial charge in [0.1, 0.15) is 0 Å². The second-order valence-corrected chi connectivity index (χ2v) is 4.29. The molecule has 0 aliphatic carbocycles. The molecule has 0 heterocycles. The lowest BCUT2D eigenvalue weighted by atomic mass is 10.1. The number of benzene rings is 2. The van der Waals surface area contributed by atoms with Gasteiger partial charge in [0.2, 0.25) is 0 Å². The van der Waals surface area contributed by atoms with Crippen molar-refractivity contribution in [3.63, 3.8) is 0 Å². The summed E-state index contributed by atoms with van der Waals surface area (Å²) in [7, 11) is 1.69. The maximum absolute atomic E-state index is 6.04. The average Bonchev–Trinajstić information content (AvgIpc) is 2.36. The second-order valence-electron chi connectivity index (χ2n) is 4.29. The highest BCUT2D eigenvalue weighted by atomic mass is 16.5. The molecular formula is C15H18N2O. The van der Waals surface area contributed by atoms with Crippen molar-refractivity contribution in [3.8, 4) is 0 Å². The van der Waals surface area contributed by atoms with E-state index in [1.807, 2.05) is 43.3 Å². The zero-order chi connectivity index (χ0) is 13.0. The van der Waals surface area contributed by atoms with Crippen molar-refractivity contribution in [3.05, 3.63) is 53.6 Å². The van der Waals surface area contributed by atoms with Gasteiger partial charge < -0.3 is 15.8 Å². The summed E-state index contributed by atoms with van der Waals surface area (Å²) in [6.45, 7) is 2.61. The number of nitrogens with one attached hydrogen (secondary N) is 1. The summed E-state index contributed by atoms with van der Waals surface area (Å²) in [6.07, 6.45) is 0. The molecule has 0 saturated heterocycles. The third kappa shape index (κ3) is 2.81. The molecule has 2 aromatic rings. The summed E-state index contributed by atoms with van der Waals surface area (Å²) in [5, 5.41) is 3.33. The van der Waals surface area contributed by atoms with Crippen LogP contribution in [0.3, 0.4) is 0 Å². The number of methoxy groups -OCH3 is 1. The largest absolute Gasteiger partial charge is 0.397 e. The van der Waals surface area contributed by atoms with E-state index in [4.69, 9.17) is 10.5 Å². The third-order valence-corrected chi connectivity index (χ3v) is 2.84. The number of nitrogen functional groups attached to an aromatic ring is 1. The van der Waals surface area contributed by atoms with E-state index in [-0.39, 0.29) is 0 Å². The van der Waals surface area contributed by atoms with Gasteiger partial charge in [-0.15, -0.1) is 0 Å².